The van der Waals surface area contributed by atoms with E-state index in [0.717, 1.165) is 71.3 Å². The van der Waals surface area contributed by atoms with Gasteiger partial charge in [0, 0.05) is 21.9 Å². The van der Waals surface area contributed by atoms with Crippen LogP contribution in [0.25, 0.3) is 82.5 Å². The molecule has 232 valence electrons. The number of aryl methyl sites for hydroxylation is 1. The van der Waals surface area contributed by atoms with Gasteiger partial charge in [0.05, 0.1) is 0 Å². The summed E-state index contributed by atoms with van der Waals surface area (Å²) < 4.78 is 0. The van der Waals surface area contributed by atoms with Gasteiger partial charge in [-0.1, -0.05) is 116 Å². The standard InChI is InChI=1S/C44H32O4/c1-4-32-25(3)24(2)21-35-36(31-16-9-15-29(23-31)30-20-19-26-11-5-6-13-28(26)22-30)39-40(42(46)44(48)43(47)41(39)45)38(37(32)35)34-18-10-14-27-12-7-8-17-33(27)34/h4-23,45-48H,1H2,2-3H3. The van der Waals surface area contributed by atoms with E-state index in [1.807, 2.05) is 85.8 Å². The highest BCUT2D eigenvalue weighted by Crippen LogP contribution is 2.58. The van der Waals surface area contributed by atoms with Gasteiger partial charge in [0.1, 0.15) is 0 Å². The summed E-state index contributed by atoms with van der Waals surface area (Å²) in [5.41, 5.74) is 7.78. The molecule has 0 unspecified atom stereocenters. The molecule has 48 heavy (non-hydrogen) atoms. The summed E-state index contributed by atoms with van der Waals surface area (Å²) in [6, 6.07) is 38.7. The fourth-order valence-electron chi connectivity index (χ4n) is 7.34. The molecule has 0 atom stereocenters. The lowest BCUT2D eigenvalue weighted by Crippen LogP contribution is -1.98. The van der Waals surface area contributed by atoms with Gasteiger partial charge in [0.25, 0.3) is 0 Å². The van der Waals surface area contributed by atoms with E-state index >= 15 is 0 Å². The number of hydrogen-bond donors (Lipinski definition) is 4. The summed E-state index contributed by atoms with van der Waals surface area (Å²) in [5.74, 6) is -2.57. The first-order chi connectivity index (χ1) is 23.3. The van der Waals surface area contributed by atoms with E-state index in [1.54, 1.807) is 0 Å². The van der Waals surface area contributed by atoms with Crippen molar-refractivity contribution < 1.29 is 20.4 Å². The van der Waals surface area contributed by atoms with Crippen LogP contribution in [0.15, 0.2) is 122 Å². The summed E-state index contributed by atoms with van der Waals surface area (Å²) in [6.45, 7) is 8.31. The number of aromatic hydroxyl groups is 4. The maximum Gasteiger partial charge on any atom is 0.204 e. The molecule has 0 aliphatic carbocycles. The SMILES string of the molecule is C=Cc1c(C)c(C)cc2c(-c3cccc(-c4ccc5ccccc5c4)c3)c3c(O)c(O)c(O)c(O)c3c(-c3cccc4ccccc34)c12. The highest BCUT2D eigenvalue weighted by atomic mass is 16.3. The van der Waals surface area contributed by atoms with Crippen molar-refractivity contribution in [3.05, 3.63) is 139 Å². The maximum atomic E-state index is 11.8. The number of hydrogen-bond acceptors (Lipinski definition) is 4. The second kappa shape index (κ2) is 10.9. The third kappa shape index (κ3) is 4.23. The average Bonchev–Trinajstić information content (AvgIpc) is 3.12. The first-order valence-corrected chi connectivity index (χ1v) is 15.9. The predicted octanol–water partition coefficient (Wildman–Crippen LogP) is 11.4. The molecule has 4 nitrogen and oxygen atoms in total. The fourth-order valence-corrected chi connectivity index (χ4v) is 7.34. The lowest BCUT2D eigenvalue weighted by molar-refractivity contribution is 0.351. The van der Waals surface area contributed by atoms with Crippen LogP contribution < -0.4 is 0 Å². The first kappa shape index (κ1) is 29.2. The van der Waals surface area contributed by atoms with E-state index < -0.39 is 23.0 Å². The molecule has 4 heteroatoms. The molecule has 0 aliphatic heterocycles. The van der Waals surface area contributed by atoms with E-state index in [2.05, 4.69) is 56.0 Å². The van der Waals surface area contributed by atoms with Crippen LogP contribution >= 0.6 is 0 Å². The van der Waals surface area contributed by atoms with E-state index in [0.29, 0.717) is 11.1 Å². The van der Waals surface area contributed by atoms with Crippen molar-refractivity contribution in [1.29, 1.82) is 0 Å². The zero-order valence-electron chi connectivity index (χ0n) is 26.5. The molecule has 0 saturated heterocycles. The third-order valence-electron chi connectivity index (χ3n) is 9.81. The minimum atomic E-state index is -0.777. The Kier molecular flexibility index (Phi) is 6.64. The Bertz CT molecular complexity index is 2640. The average molecular weight is 625 g/mol. The smallest absolute Gasteiger partial charge is 0.204 e. The van der Waals surface area contributed by atoms with Crippen LogP contribution in [0.4, 0.5) is 0 Å². The van der Waals surface area contributed by atoms with E-state index in [-0.39, 0.29) is 10.8 Å². The van der Waals surface area contributed by atoms with Gasteiger partial charge in [-0.25, -0.2) is 0 Å². The van der Waals surface area contributed by atoms with Crippen LogP contribution in [-0.4, -0.2) is 20.4 Å². The molecule has 8 rings (SSSR count). The molecular formula is C44H32O4. The van der Waals surface area contributed by atoms with E-state index in [9.17, 15) is 20.4 Å². The molecule has 0 amide bonds. The Balaban J connectivity index is 1.59. The van der Waals surface area contributed by atoms with Crippen LogP contribution in [-0.2, 0) is 0 Å². The Morgan fingerprint density at radius 1 is 0.479 bits per heavy atom. The van der Waals surface area contributed by atoms with Crippen molar-refractivity contribution in [2.24, 2.45) is 0 Å². The summed E-state index contributed by atoms with van der Waals surface area (Å²) >= 11 is 0. The quantitative estimate of drug-likeness (QED) is 0.0892. The van der Waals surface area contributed by atoms with Crippen molar-refractivity contribution in [2.75, 3.05) is 0 Å². The van der Waals surface area contributed by atoms with Crippen molar-refractivity contribution in [1.82, 2.24) is 0 Å². The molecule has 8 aromatic carbocycles. The molecule has 4 N–H and O–H groups in total. The summed E-state index contributed by atoms with van der Waals surface area (Å²) in [4.78, 5) is 0. The second-order valence-corrected chi connectivity index (χ2v) is 12.4. The van der Waals surface area contributed by atoms with Crippen LogP contribution in [0, 0.1) is 13.8 Å². The van der Waals surface area contributed by atoms with Crippen LogP contribution in [0.5, 0.6) is 23.0 Å². The van der Waals surface area contributed by atoms with Gasteiger partial charge in [0.15, 0.2) is 11.5 Å². The highest BCUT2D eigenvalue weighted by molar-refractivity contribution is 6.28. The van der Waals surface area contributed by atoms with Gasteiger partial charge in [-0.2, -0.15) is 0 Å². The normalized spacial score (nSPS) is 11.5. The van der Waals surface area contributed by atoms with Crippen molar-refractivity contribution in [2.45, 2.75) is 13.8 Å². The topological polar surface area (TPSA) is 80.9 Å². The summed E-state index contributed by atoms with van der Waals surface area (Å²) in [7, 11) is 0. The van der Waals surface area contributed by atoms with Crippen molar-refractivity contribution >= 4 is 49.2 Å². The fraction of sp³-hybridized carbons (Fsp3) is 0.0455. The zero-order chi connectivity index (χ0) is 33.3. The highest BCUT2D eigenvalue weighted by Gasteiger charge is 2.29. The number of fused-ring (bicyclic) bond motifs is 4. The molecule has 0 bridgehead atoms. The van der Waals surface area contributed by atoms with Gasteiger partial charge in [-0.15, -0.1) is 0 Å². The number of rotatable bonds is 4. The lowest BCUT2D eigenvalue weighted by Gasteiger charge is -2.24. The number of phenolic OH excluding ortho intramolecular Hbond substituents is 4. The Labute approximate surface area is 277 Å². The maximum absolute atomic E-state index is 11.8. The first-order valence-electron chi connectivity index (χ1n) is 15.9. The monoisotopic (exact) mass is 624 g/mol. The largest absolute Gasteiger partial charge is 0.504 e. The van der Waals surface area contributed by atoms with Gasteiger partial charge in [-0.05, 0) is 97.2 Å². The van der Waals surface area contributed by atoms with Gasteiger partial charge in [-0.3, -0.25) is 0 Å². The van der Waals surface area contributed by atoms with Gasteiger partial charge >= 0.3 is 0 Å². The Hall–Kier alpha value is -6.26. The van der Waals surface area contributed by atoms with Gasteiger partial charge < -0.3 is 20.4 Å². The minimum Gasteiger partial charge on any atom is -0.504 e. The Morgan fingerprint density at radius 3 is 1.83 bits per heavy atom. The van der Waals surface area contributed by atoms with E-state index in [1.165, 1.54) is 0 Å². The molecule has 0 aromatic heterocycles. The van der Waals surface area contributed by atoms with Crippen LogP contribution in [0.1, 0.15) is 16.7 Å². The molecular weight excluding hydrogens is 592 g/mol. The molecule has 0 saturated carbocycles. The molecule has 0 radical (unpaired) electrons. The van der Waals surface area contributed by atoms with E-state index in [4.69, 9.17) is 0 Å². The lowest BCUT2D eigenvalue weighted by atomic mass is 9.80. The molecule has 0 spiro atoms. The molecule has 0 fully saturated rings. The summed E-state index contributed by atoms with van der Waals surface area (Å²) in [6.07, 6.45) is 1.83. The summed E-state index contributed by atoms with van der Waals surface area (Å²) in [5, 5.41) is 51.9. The number of phenols is 4. The zero-order valence-corrected chi connectivity index (χ0v) is 26.5. The van der Waals surface area contributed by atoms with Crippen molar-refractivity contribution in [3.8, 4) is 56.4 Å². The molecule has 8 aromatic rings. The Morgan fingerprint density at radius 2 is 1.08 bits per heavy atom. The predicted molar refractivity (Wildman–Crippen MR) is 199 cm³/mol. The van der Waals surface area contributed by atoms with Gasteiger partial charge in [0.2, 0.25) is 11.5 Å². The van der Waals surface area contributed by atoms with Crippen LogP contribution in [0.2, 0.25) is 0 Å². The number of benzene rings is 8. The van der Waals surface area contributed by atoms with Crippen LogP contribution in [0.3, 0.4) is 0 Å². The minimum absolute atomic E-state index is 0.240. The third-order valence-corrected chi connectivity index (χ3v) is 9.81. The van der Waals surface area contributed by atoms with Crippen molar-refractivity contribution in [3.63, 3.8) is 0 Å². The molecule has 0 aliphatic rings. The molecule has 0 heterocycles. The second-order valence-electron chi connectivity index (χ2n) is 12.4.